The van der Waals surface area contributed by atoms with E-state index in [1.54, 1.807) is 11.8 Å². The van der Waals surface area contributed by atoms with Gasteiger partial charge in [-0.15, -0.1) is 0 Å². The van der Waals surface area contributed by atoms with Gasteiger partial charge in [0.25, 0.3) is 0 Å². The molecule has 2 aliphatic rings. The second kappa shape index (κ2) is 5.90. The van der Waals surface area contributed by atoms with E-state index in [1.165, 1.54) is 32.1 Å². The Morgan fingerprint density at radius 1 is 1.30 bits per heavy atom. The molecule has 1 saturated carbocycles. The van der Waals surface area contributed by atoms with E-state index in [2.05, 4.69) is 9.97 Å². The predicted octanol–water partition coefficient (Wildman–Crippen LogP) is 3.34. The van der Waals surface area contributed by atoms with E-state index in [-0.39, 0.29) is 5.60 Å². The van der Waals surface area contributed by atoms with Gasteiger partial charge in [-0.1, -0.05) is 31.0 Å². The molecule has 3 rings (SSSR count). The number of hydrogen-bond donors (Lipinski definition) is 1. The summed E-state index contributed by atoms with van der Waals surface area (Å²) >= 11 is 1.78. The van der Waals surface area contributed by atoms with Crippen molar-refractivity contribution < 1.29 is 4.74 Å². The minimum Gasteiger partial charge on any atom is -0.384 e. The van der Waals surface area contributed by atoms with Gasteiger partial charge in [-0.3, -0.25) is 0 Å². The van der Waals surface area contributed by atoms with Gasteiger partial charge in [0.05, 0.1) is 5.60 Å². The molecule has 1 atom stereocenters. The normalized spacial score (nSPS) is 25.8. The average Bonchev–Trinajstić information content (AvgIpc) is 2.38. The molecule has 0 bridgehead atoms. The average molecular weight is 293 g/mol. The first-order valence-electron chi connectivity index (χ1n) is 7.57. The fourth-order valence-electron chi connectivity index (χ4n) is 3.39. The highest BCUT2D eigenvalue weighted by Crippen LogP contribution is 2.42. The molecule has 1 aliphatic heterocycles. The maximum Gasteiger partial charge on any atom is 0.189 e. The van der Waals surface area contributed by atoms with Crippen molar-refractivity contribution in [3.05, 3.63) is 11.8 Å². The van der Waals surface area contributed by atoms with Crippen molar-refractivity contribution in [1.29, 1.82) is 0 Å². The van der Waals surface area contributed by atoms with Crippen LogP contribution in [0.5, 0.6) is 0 Å². The standard InChI is InChI=1S/C15H23N3OS/c1-11-9-13(16)18-14(17-11)20-12-5-8-19-15(10-12)6-3-2-4-7-15/h9,12H,2-8,10H2,1H3,(H2,16,17,18). The van der Waals surface area contributed by atoms with Crippen LogP contribution in [0.2, 0.25) is 0 Å². The number of nitrogens with two attached hydrogens (primary N) is 1. The second-order valence-corrected chi connectivity index (χ2v) is 7.31. The fourth-order valence-corrected chi connectivity index (χ4v) is 4.65. The van der Waals surface area contributed by atoms with E-state index < -0.39 is 0 Å². The number of hydrogen-bond acceptors (Lipinski definition) is 5. The number of aryl methyl sites for hydroxylation is 1. The molecular weight excluding hydrogens is 270 g/mol. The summed E-state index contributed by atoms with van der Waals surface area (Å²) in [4.78, 5) is 8.84. The molecule has 1 unspecified atom stereocenters. The van der Waals surface area contributed by atoms with E-state index in [0.717, 1.165) is 30.3 Å². The Hall–Kier alpha value is -0.810. The summed E-state index contributed by atoms with van der Waals surface area (Å²) in [5.74, 6) is 0.569. The highest BCUT2D eigenvalue weighted by atomic mass is 32.2. The van der Waals surface area contributed by atoms with E-state index in [1.807, 2.05) is 13.0 Å². The van der Waals surface area contributed by atoms with Crippen molar-refractivity contribution >= 4 is 17.6 Å². The summed E-state index contributed by atoms with van der Waals surface area (Å²) in [7, 11) is 0. The second-order valence-electron chi connectivity index (χ2n) is 6.04. The topological polar surface area (TPSA) is 61.0 Å². The quantitative estimate of drug-likeness (QED) is 0.847. The third kappa shape index (κ3) is 3.26. The van der Waals surface area contributed by atoms with Crippen LogP contribution >= 0.6 is 11.8 Å². The lowest BCUT2D eigenvalue weighted by Crippen LogP contribution is -2.42. The lowest BCUT2D eigenvalue weighted by Gasteiger charge is -2.43. The van der Waals surface area contributed by atoms with E-state index in [0.29, 0.717) is 11.1 Å². The molecule has 1 aromatic heterocycles. The molecule has 4 nitrogen and oxygen atoms in total. The van der Waals surface area contributed by atoms with Crippen LogP contribution < -0.4 is 5.73 Å². The zero-order valence-corrected chi connectivity index (χ0v) is 12.9. The molecule has 110 valence electrons. The summed E-state index contributed by atoms with van der Waals surface area (Å²) < 4.78 is 6.14. The lowest BCUT2D eigenvalue weighted by molar-refractivity contribution is -0.0971. The summed E-state index contributed by atoms with van der Waals surface area (Å²) in [5.41, 5.74) is 6.90. The fraction of sp³-hybridized carbons (Fsp3) is 0.733. The lowest BCUT2D eigenvalue weighted by atomic mass is 9.80. The first-order valence-corrected chi connectivity index (χ1v) is 8.45. The molecule has 1 aromatic rings. The van der Waals surface area contributed by atoms with Gasteiger partial charge in [0.15, 0.2) is 5.16 Å². The molecule has 0 aromatic carbocycles. The van der Waals surface area contributed by atoms with Crippen LogP contribution in [0.3, 0.4) is 0 Å². The van der Waals surface area contributed by atoms with Crippen molar-refractivity contribution in [2.45, 2.75) is 67.9 Å². The van der Waals surface area contributed by atoms with Crippen LogP contribution in [-0.4, -0.2) is 27.4 Å². The Kier molecular flexibility index (Phi) is 4.17. The minimum absolute atomic E-state index is 0.142. The molecule has 5 heteroatoms. The summed E-state index contributed by atoms with van der Waals surface area (Å²) in [6, 6.07) is 1.82. The Balaban J connectivity index is 1.67. The summed E-state index contributed by atoms with van der Waals surface area (Å²) in [6.45, 7) is 2.84. The van der Waals surface area contributed by atoms with Gasteiger partial charge in [0, 0.05) is 23.6 Å². The molecule has 1 spiro atoms. The smallest absolute Gasteiger partial charge is 0.189 e. The maximum absolute atomic E-state index is 6.14. The monoisotopic (exact) mass is 293 g/mol. The SMILES string of the molecule is Cc1cc(N)nc(SC2CCOC3(CCCCC3)C2)n1. The van der Waals surface area contributed by atoms with Gasteiger partial charge in [-0.05, 0) is 32.6 Å². The molecule has 1 saturated heterocycles. The zero-order chi connectivity index (χ0) is 14.0. The maximum atomic E-state index is 6.14. The predicted molar refractivity (Wildman–Crippen MR) is 81.8 cm³/mol. The molecular formula is C15H23N3OS. The van der Waals surface area contributed by atoms with Crippen LogP contribution in [0.25, 0.3) is 0 Å². The van der Waals surface area contributed by atoms with Gasteiger partial charge in [-0.25, -0.2) is 9.97 Å². The van der Waals surface area contributed by atoms with Crippen LogP contribution in [0.4, 0.5) is 5.82 Å². The van der Waals surface area contributed by atoms with Crippen LogP contribution in [0.1, 0.15) is 50.6 Å². The third-order valence-corrected chi connectivity index (χ3v) is 5.47. The number of anilines is 1. The number of nitrogens with zero attached hydrogens (tertiary/aromatic N) is 2. The van der Waals surface area contributed by atoms with Gasteiger partial charge in [-0.2, -0.15) is 0 Å². The van der Waals surface area contributed by atoms with Gasteiger partial charge >= 0.3 is 0 Å². The molecule has 0 amide bonds. The van der Waals surface area contributed by atoms with Crippen LogP contribution in [0.15, 0.2) is 11.2 Å². The highest BCUT2D eigenvalue weighted by Gasteiger charge is 2.38. The van der Waals surface area contributed by atoms with Crippen molar-refractivity contribution in [2.24, 2.45) is 0 Å². The molecule has 1 aliphatic carbocycles. The van der Waals surface area contributed by atoms with Gasteiger partial charge in [0.1, 0.15) is 5.82 Å². The molecule has 2 fully saturated rings. The van der Waals surface area contributed by atoms with E-state index >= 15 is 0 Å². The van der Waals surface area contributed by atoms with Gasteiger partial charge < -0.3 is 10.5 Å². The van der Waals surface area contributed by atoms with E-state index in [4.69, 9.17) is 10.5 Å². The molecule has 2 N–H and O–H groups in total. The van der Waals surface area contributed by atoms with Crippen LogP contribution in [0, 0.1) is 6.92 Å². The van der Waals surface area contributed by atoms with Crippen molar-refractivity contribution in [3.63, 3.8) is 0 Å². The van der Waals surface area contributed by atoms with Crippen molar-refractivity contribution in [3.8, 4) is 0 Å². The van der Waals surface area contributed by atoms with Gasteiger partial charge in [0.2, 0.25) is 0 Å². The zero-order valence-electron chi connectivity index (χ0n) is 12.1. The number of thioether (sulfide) groups is 1. The first kappa shape index (κ1) is 14.1. The number of ether oxygens (including phenoxy) is 1. The Morgan fingerprint density at radius 2 is 2.10 bits per heavy atom. The number of aromatic nitrogens is 2. The third-order valence-electron chi connectivity index (χ3n) is 4.34. The molecule has 20 heavy (non-hydrogen) atoms. The van der Waals surface area contributed by atoms with Crippen molar-refractivity contribution in [1.82, 2.24) is 9.97 Å². The molecule has 0 radical (unpaired) electrons. The van der Waals surface area contributed by atoms with E-state index in [9.17, 15) is 0 Å². The van der Waals surface area contributed by atoms with Crippen molar-refractivity contribution in [2.75, 3.05) is 12.3 Å². The largest absolute Gasteiger partial charge is 0.384 e. The Labute approximate surface area is 124 Å². The summed E-state index contributed by atoms with van der Waals surface area (Å²) in [5, 5.41) is 1.38. The summed E-state index contributed by atoms with van der Waals surface area (Å²) in [6.07, 6.45) is 8.65. The first-order chi connectivity index (χ1) is 9.65. The molecule has 2 heterocycles. The number of nitrogen functional groups attached to an aromatic ring is 1. The highest BCUT2D eigenvalue weighted by molar-refractivity contribution is 7.99. The minimum atomic E-state index is 0.142. The Bertz CT molecular complexity index is 448. The van der Waals surface area contributed by atoms with Crippen LogP contribution in [-0.2, 0) is 4.74 Å². The number of rotatable bonds is 2. The Morgan fingerprint density at radius 3 is 2.85 bits per heavy atom.